The van der Waals surface area contributed by atoms with Crippen LogP contribution in [0.15, 0.2) is 29.4 Å². The van der Waals surface area contributed by atoms with Gasteiger partial charge in [-0.05, 0) is 18.9 Å². The molecule has 1 aromatic carbocycles. The molecule has 1 aromatic rings. The molecule has 1 radical (unpaired) electrons. The number of benzene rings is 1. The van der Waals surface area contributed by atoms with Gasteiger partial charge in [0.2, 0.25) is 0 Å². The van der Waals surface area contributed by atoms with Crippen LogP contribution < -0.4 is 0 Å². The van der Waals surface area contributed by atoms with Crippen molar-refractivity contribution in [1.29, 1.82) is 0 Å². The summed E-state index contributed by atoms with van der Waals surface area (Å²) in [5.74, 6) is 0. The highest BCUT2D eigenvalue weighted by Crippen LogP contribution is 2.32. The molecular weight excluding hydrogens is 243 g/mol. The number of rotatable bonds is 6. The molecule has 2 nitrogen and oxygen atoms in total. The summed E-state index contributed by atoms with van der Waals surface area (Å²) >= 11 is 0. The van der Waals surface area contributed by atoms with Crippen LogP contribution in [-0.2, 0) is 17.6 Å². The van der Waals surface area contributed by atoms with Crippen molar-refractivity contribution in [2.75, 3.05) is 0 Å². The van der Waals surface area contributed by atoms with Crippen molar-refractivity contribution >= 4 is 6.21 Å². The second kappa shape index (κ2) is 7.03. The van der Waals surface area contributed by atoms with Gasteiger partial charge in [0, 0.05) is 5.56 Å². The van der Waals surface area contributed by atoms with Crippen molar-refractivity contribution in [2.24, 2.45) is 5.16 Å². The first kappa shape index (κ1) is 14.5. The molecule has 0 aliphatic rings. The lowest BCUT2D eigenvalue weighted by Gasteiger charge is -2.11. The Morgan fingerprint density at radius 2 is 2.00 bits per heavy atom. The highest BCUT2D eigenvalue weighted by Gasteiger charge is 2.32. The van der Waals surface area contributed by atoms with Gasteiger partial charge in [0.05, 0.1) is 5.56 Å². The Balaban J connectivity index is 2.55. The molecule has 0 unspecified atom stereocenters. The maximum absolute atomic E-state index is 12.6. The molecule has 0 saturated carbocycles. The van der Waals surface area contributed by atoms with E-state index in [-0.39, 0.29) is 12.2 Å². The predicted molar refractivity (Wildman–Crippen MR) is 63.2 cm³/mol. The van der Waals surface area contributed by atoms with Gasteiger partial charge in [-0.15, -0.1) is 0 Å². The molecule has 5 heteroatoms. The molecule has 0 amide bonds. The standard InChI is InChI=1S/C13H15F3NO/c1-2-3-6-9-17-18-10-11-7-4-5-8-12(11)13(14,15)16/h4-5,7-8H,2-3,6,10H2,1H3. The maximum Gasteiger partial charge on any atom is 0.416 e. The molecule has 0 aliphatic carbocycles. The summed E-state index contributed by atoms with van der Waals surface area (Å²) in [6.07, 6.45) is 0.871. The fourth-order valence-electron chi connectivity index (χ4n) is 1.37. The van der Waals surface area contributed by atoms with Crippen molar-refractivity contribution in [3.8, 4) is 0 Å². The average molecular weight is 258 g/mol. The second-order valence-corrected chi connectivity index (χ2v) is 3.78. The van der Waals surface area contributed by atoms with Gasteiger partial charge in [-0.3, -0.25) is 0 Å². The maximum atomic E-state index is 12.6. The first-order valence-corrected chi connectivity index (χ1v) is 5.75. The third kappa shape index (κ3) is 4.77. The van der Waals surface area contributed by atoms with E-state index in [1.165, 1.54) is 12.1 Å². The largest absolute Gasteiger partial charge is 0.416 e. The van der Waals surface area contributed by atoms with E-state index in [0.29, 0.717) is 6.42 Å². The fraction of sp³-hybridized carbons (Fsp3) is 0.462. The van der Waals surface area contributed by atoms with Crippen LogP contribution in [0, 0.1) is 0 Å². The highest BCUT2D eigenvalue weighted by molar-refractivity contribution is 5.56. The molecule has 0 heterocycles. The number of nitrogens with zero attached hydrogens (tertiary/aromatic N) is 1. The molecule has 1 rings (SSSR count). The lowest BCUT2D eigenvalue weighted by Crippen LogP contribution is -2.09. The molecule has 0 aromatic heterocycles. The quantitative estimate of drug-likeness (QED) is 0.424. The normalized spacial score (nSPS) is 12.0. The van der Waals surface area contributed by atoms with Crippen molar-refractivity contribution in [2.45, 2.75) is 39.0 Å². The molecule has 0 bridgehead atoms. The van der Waals surface area contributed by atoms with Gasteiger partial charge in [0.1, 0.15) is 12.8 Å². The molecule has 18 heavy (non-hydrogen) atoms. The summed E-state index contributed by atoms with van der Waals surface area (Å²) in [6.45, 7) is 1.83. The van der Waals surface area contributed by atoms with Crippen molar-refractivity contribution in [3.63, 3.8) is 0 Å². The Kier molecular flexibility index (Phi) is 5.68. The molecule has 0 atom stereocenters. The van der Waals surface area contributed by atoms with Gasteiger partial charge in [0.15, 0.2) is 0 Å². The van der Waals surface area contributed by atoms with Crippen LogP contribution in [0.25, 0.3) is 0 Å². The van der Waals surface area contributed by atoms with Crippen LogP contribution in [0.2, 0.25) is 0 Å². The summed E-state index contributed by atoms with van der Waals surface area (Å²) in [7, 11) is 0. The Labute approximate surface area is 104 Å². The minimum atomic E-state index is -4.37. The zero-order chi connectivity index (χ0) is 13.4. The second-order valence-electron chi connectivity index (χ2n) is 3.78. The molecule has 0 saturated heterocycles. The topological polar surface area (TPSA) is 21.6 Å². The van der Waals surface area contributed by atoms with Crippen LogP contribution in [-0.4, -0.2) is 6.21 Å². The van der Waals surface area contributed by atoms with Crippen molar-refractivity contribution in [1.82, 2.24) is 0 Å². The van der Waals surface area contributed by atoms with E-state index in [2.05, 4.69) is 11.4 Å². The van der Waals surface area contributed by atoms with E-state index < -0.39 is 11.7 Å². The van der Waals surface area contributed by atoms with Crippen LogP contribution in [0.4, 0.5) is 13.2 Å². The van der Waals surface area contributed by atoms with Crippen LogP contribution in [0.1, 0.15) is 37.3 Å². The molecule has 99 valence electrons. The Morgan fingerprint density at radius 3 is 2.67 bits per heavy atom. The smallest absolute Gasteiger partial charge is 0.391 e. The average Bonchev–Trinajstić information content (AvgIpc) is 2.33. The summed E-state index contributed by atoms with van der Waals surface area (Å²) in [5, 5.41) is 3.51. The van der Waals surface area contributed by atoms with Crippen LogP contribution in [0.5, 0.6) is 0 Å². The molecule has 0 N–H and O–H groups in total. The van der Waals surface area contributed by atoms with Crippen molar-refractivity contribution < 1.29 is 18.0 Å². The number of hydrogen-bond acceptors (Lipinski definition) is 2. The third-order valence-electron chi connectivity index (χ3n) is 2.31. The first-order valence-electron chi connectivity index (χ1n) is 5.75. The monoisotopic (exact) mass is 258 g/mol. The number of unbranched alkanes of at least 4 members (excludes halogenated alkanes) is 2. The zero-order valence-electron chi connectivity index (χ0n) is 10.1. The minimum absolute atomic E-state index is 0.0750. The summed E-state index contributed by atoms with van der Waals surface area (Å²) in [5.41, 5.74) is -0.611. The minimum Gasteiger partial charge on any atom is -0.391 e. The van der Waals surface area contributed by atoms with Gasteiger partial charge < -0.3 is 4.84 Å². The van der Waals surface area contributed by atoms with Crippen LogP contribution in [0.3, 0.4) is 0 Å². The van der Waals surface area contributed by atoms with Gasteiger partial charge >= 0.3 is 6.18 Å². The van der Waals surface area contributed by atoms with Crippen LogP contribution >= 0.6 is 0 Å². The van der Waals surface area contributed by atoms with Gasteiger partial charge in [-0.2, -0.15) is 13.2 Å². The number of halogens is 3. The lowest BCUT2D eigenvalue weighted by molar-refractivity contribution is -0.138. The predicted octanol–water partition coefficient (Wildman–Crippen LogP) is 4.28. The third-order valence-corrected chi connectivity index (χ3v) is 2.31. The summed E-state index contributed by atoms with van der Waals surface area (Å²) in [4.78, 5) is 4.82. The SMILES string of the molecule is CCCC/[C]=N/OCc1ccccc1C(F)(F)F. The Hall–Kier alpha value is -1.52. The Bertz CT molecular complexity index is 388. The van der Waals surface area contributed by atoms with E-state index in [9.17, 15) is 13.2 Å². The van der Waals surface area contributed by atoms with E-state index in [0.717, 1.165) is 18.9 Å². The van der Waals surface area contributed by atoms with Gasteiger partial charge in [0.25, 0.3) is 0 Å². The van der Waals surface area contributed by atoms with E-state index >= 15 is 0 Å². The van der Waals surface area contributed by atoms with E-state index in [1.807, 2.05) is 6.92 Å². The van der Waals surface area contributed by atoms with Gasteiger partial charge in [-0.1, -0.05) is 36.7 Å². The molecule has 0 fully saturated rings. The fourth-order valence-corrected chi connectivity index (χ4v) is 1.37. The first-order chi connectivity index (χ1) is 8.55. The Morgan fingerprint density at radius 1 is 1.28 bits per heavy atom. The number of alkyl halides is 3. The zero-order valence-corrected chi connectivity index (χ0v) is 10.1. The summed E-state index contributed by atoms with van der Waals surface area (Å²) < 4.78 is 37.9. The molecule has 0 aliphatic heterocycles. The number of hydrogen-bond donors (Lipinski definition) is 0. The van der Waals surface area contributed by atoms with E-state index in [4.69, 9.17) is 4.84 Å². The van der Waals surface area contributed by atoms with Crippen molar-refractivity contribution in [3.05, 3.63) is 35.4 Å². The molecular formula is C13H15F3NO. The summed E-state index contributed by atoms with van der Waals surface area (Å²) in [6, 6.07) is 5.30. The van der Waals surface area contributed by atoms with Gasteiger partial charge in [-0.25, -0.2) is 0 Å². The highest BCUT2D eigenvalue weighted by atomic mass is 19.4. The molecule has 0 spiro atoms. The van der Waals surface area contributed by atoms with E-state index in [1.54, 1.807) is 6.07 Å². The lowest BCUT2D eigenvalue weighted by atomic mass is 10.1.